The van der Waals surface area contributed by atoms with E-state index in [9.17, 15) is 0 Å². The van der Waals surface area contributed by atoms with Crippen LogP contribution in [0.4, 0.5) is 0 Å². The molecule has 4 heteroatoms. The molecule has 0 radical (unpaired) electrons. The van der Waals surface area contributed by atoms with Crippen molar-refractivity contribution in [2.75, 3.05) is 7.11 Å². The van der Waals surface area contributed by atoms with Crippen molar-refractivity contribution in [3.05, 3.63) is 34.3 Å². The lowest BCUT2D eigenvalue weighted by atomic mass is 9.89. The first-order valence-electron chi connectivity index (χ1n) is 5.81. The van der Waals surface area contributed by atoms with Crippen molar-refractivity contribution >= 4 is 15.9 Å². The van der Waals surface area contributed by atoms with Gasteiger partial charge in [-0.2, -0.15) is 0 Å². The van der Waals surface area contributed by atoms with Gasteiger partial charge in [-0.3, -0.25) is 11.3 Å². The van der Waals surface area contributed by atoms with Gasteiger partial charge in [-0.1, -0.05) is 35.0 Å². The average molecular weight is 301 g/mol. The van der Waals surface area contributed by atoms with E-state index in [1.165, 1.54) is 5.56 Å². The van der Waals surface area contributed by atoms with Crippen LogP contribution in [-0.4, -0.2) is 18.8 Å². The monoisotopic (exact) mass is 300 g/mol. The van der Waals surface area contributed by atoms with E-state index in [2.05, 4.69) is 47.3 Å². The number of hydrogen-bond donors (Lipinski definition) is 2. The molecule has 0 saturated carbocycles. The number of ether oxygens (including phenoxy) is 1. The highest BCUT2D eigenvalue weighted by Gasteiger charge is 2.31. The Bertz CT molecular complexity index is 336. The predicted molar refractivity (Wildman–Crippen MR) is 74.7 cm³/mol. The molecule has 0 heterocycles. The number of methoxy groups -OCH3 is 1. The Morgan fingerprint density at radius 1 is 1.41 bits per heavy atom. The molecule has 0 fully saturated rings. The van der Waals surface area contributed by atoms with E-state index < -0.39 is 0 Å². The van der Waals surface area contributed by atoms with Crippen LogP contribution in [0.25, 0.3) is 0 Å². The van der Waals surface area contributed by atoms with Gasteiger partial charge in [0.15, 0.2) is 0 Å². The normalized spacial score (nSPS) is 16.5. The molecule has 17 heavy (non-hydrogen) atoms. The molecular formula is C13H21BrN2O. The molecule has 3 nitrogen and oxygen atoms in total. The maximum absolute atomic E-state index is 5.65. The zero-order chi connectivity index (χ0) is 12.9. The summed E-state index contributed by atoms with van der Waals surface area (Å²) < 4.78 is 6.67. The second kappa shape index (κ2) is 6.50. The molecule has 0 spiro atoms. The summed E-state index contributed by atoms with van der Waals surface area (Å²) in [4.78, 5) is 0. The molecule has 0 aliphatic heterocycles. The van der Waals surface area contributed by atoms with E-state index in [-0.39, 0.29) is 11.6 Å². The molecule has 2 atom stereocenters. The average Bonchev–Trinajstić information content (AvgIpc) is 2.37. The zero-order valence-corrected chi connectivity index (χ0v) is 12.3. The number of halogens is 1. The highest BCUT2D eigenvalue weighted by molar-refractivity contribution is 9.10. The van der Waals surface area contributed by atoms with Crippen LogP contribution in [0.15, 0.2) is 28.7 Å². The van der Waals surface area contributed by atoms with E-state index in [4.69, 9.17) is 10.6 Å². The number of benzene rings is 1. The summed E-state index contributed by atoms with van der Waals surface area (Å²) in [5.41, 5.74) is 3.87. The van der Waals surface area contributed by atoms with Gasteiger partial charge in [0.1, 0.15) is 0 Å². The van der Waals surface area contributed by atoms with Gasteiger partial charge in [0, 0.05) is 11.6 Å². The number of nitrogens with two attached hydrogens (primary N) is 1. The third kappa shape index (κ3) is 3.78. The molecule has 0 aromatic heterocycles. The highest BCUT2D eigenvalue weighted by atomic mass is 79.9. The van der Waals surface area contributed by atoms with Crippen LogP contribution >= 0.6 is 15.9 Å². The Balaban J connectivity index is 2.79. The summed E-state index contributed by atoms with van der Waals surface area (Å²) >= 11 is 3.43. The number of hydrogen-bond acceptors (Lipinski definition) is 3. The first-order valence-corrected chi connectivity index (χ1v) is 6.60. The van der Waals surface area contributed by atoms with E-state index in [0.29, 0.717) is 0 Å². The van der Waals surface area contributed by atoms with Crippen molar-refractivity contribution in [2.24, 2.45) is 5.84 Å². The minimum atomic E-state index is -0.248. The molecule has 3 N–H and O–H groups in total. The first kappa shape index (κ1) is 14.6. The van der Waals surface area contributed by atoms with Gasteiger partial charge in [0.25, 0.3) is 0 Å². The smallest absolute Gasteiger partial charge is 0.0817 e. The summed E-state index contributed by atoms with van der Waals surface area (Å²) in [6.45, 7) is 4.19. The van der Waals surface area contributed by atoms with Crippen molar-refractivity contribution in [2.45, 2.75) is 38.3 Å². The highest BCUT2D eigenvalue weighted by Crippen LogP contribution is 2.22. The molecule has 0 amide bonds. The maximum atomic E-state index is 5.65. The van der Waals surface area contributed by atoms with Crippen molar-refractivity contribution in [1.29, 1.82) is 0 Å². The third-order valence-electron chi connectivity index (χ3n) is 3.46. The fourth-order valence-electron chi connectivity index (χ4n) is 1.84. The topological polar surface area (TPSA) is 47.3 Å². The number of hydrazine groups is 1. The summed E-state index contributed by atoms with van der Waals surface area (Å²) in [7, 11) is 1.73. The quantitative estimate of drug-likeness (QED) is 0.627. The van der Waals surface area contributed by atoms with Crippen LogP contribution in [0.1, 0.15) is 25.8 Å². The number of nitrogens with one attached hydrogen (secondary N) is 1. The minimum absolute atomic E-state index is 0.0960. The van der Waals surface area contributed by atoms with Crippen molar-refractivity contribution in [3.8, 4) is 0 Å². The second-order valence-electron chi connectivity index (χ2n) is 4.42. The lowest BCUT2D eigenvalue weighted by Crippen LogP contribution is -2.53. The molecule has 0 aliphatic rings. The van der Waals surface area contributed by atoms with Gasteiger partial charge in [-0.05, 0) is 37.5 Å². The Labute approximate surface area is 112 Å². The predicted octanol–water partition coefficient (Wildman–Crippen LogP) is 2.64. The molecule has 0 bridgehead atoms. The van der Waals surface area contributed by atoms with E-state index >= 15 is 0 Å². The zero-order valence-electron chi connectivity index (χ0n) is 10.7. The first-order chi connectivity index (χ1) is 8.05. The van der Waals surface area contributed by atoms with Gasteiger partial charge in [0.05, 0.1) is 11.6 Å². The van der Waals surface area contributed by atoms with Crippen molar-refractivity contribution < 1.29 is 4.74 Å². The second-order valence-corrected chi connectivity index (χ2v) is 5.34. The largest absolute Gasteiger partial charge is 0.377 e. The lowest BCUT2D eigenvalue weighted by Gasteiger charge is -2.35. The van der Waals surface area contributed by atoms with Crippen LogP contribution in [0, 0.1) is 0 Å². The van der Waals surface area contributed by atoms with E-state index in [1.807, 2.05) is 12.1 Å². The third-order valence-corrected chi connectivity index (χ3v) is 3.99. The molecule has 1 aromatic rings. The van der Waals surface area contributed by atoms with Gasteiger partial charge < -0.3 is 4.74 Å². The van der Waals surface area contributed by atoms with Gasteiger partial charge in [-0.25, -0.2) is 0 Å². The van der Waals surface area contributed by atoms with Gasteiger partial charge in [0.2, 0.25) is 0 Å². The Morgan fingerprint density at radius 2 is 2.00 bits per heavy atom. The minimum Gasteiger partial charge on any atom is -0.377 e. The molecule has 2 unspecified atom stereocenters. The summed E-state index contributed by atoms with van der Waals surface area (Å²) in [5.74, 6) is 5.65. The molecule has 0 aliphatic carbocycles. The lowest BCUT2D eigenvalue weighted by molar-refractivity contribution is -0.0288. The van der Waals surface area contributed by atoms with Crippen molar-refractivity contribution in [1.82, 2.24) is 5.43 Å². The number of rotatable bonds is 6. The summed E-state index contributed by atoms with van der Waals surface area (Å²) in [5, 5.41) is 0. The van der Waals surface area contributed by atoms with Crippen LogP contribution < -0.4 is 11.3 Å². The summed E-state index contributed by atoms with van der Waals surface area (Å²) in [6.07, 6.45) is 1.76. The molecule has 0 saturated heterocycles. The van der Waals surface area contributed by atoms with Crippen LogP contribution in [0.3, 0.4) is 0 Å². The van der Waals surface area contributed by atoms with Crippen LogP contribution in [0.2, 0.25) is 0 Å². The van der Waals surface area contributed by atoms with E-state index in [1.54, 1.807) is 7.11 Å². The van der Waals surface area contributed by atoms with Gasteiger partial charge >= 0.3 is 0 Å². The Morgan fingerprint density at radius 3 is 2.41 bits per heavy atom. The standard InChI is InChI=1S/C13H21BrN2O/c1-4-13(2,17-3)12(16-15)9-10-5-7-11(14)8-6-10/h5-8,12,16H,4,9,15H2,1-3H3. The van der Waals surface area contributed by atoms with E-state index in [0.717, 1.165) is 17.3 Å². The maximum Gasteiger partial charge on any atom is 0.0817 e. The van der Waals surface area contributed by atoms with Crippen molar-refractivity contribution in [3.63, 3.8) is 0 Å². The molecule has 96 valence electrons. The Hall–Kier alpha value is -0.420. The SMILES string of the molecule is CCC(C)(OC)C(Cc1ccc(Br)cc1)NN. The molecular weight excluding hydrogens is 280 g/mol. The Kier molecular flexibility index (Phi) is 5.59. The summed E-state index contributed by atoms with van der Waals surface area (Å²) in [6, 6.07) is 8.37. The fraction of sp³-hybridized carbons (Fsp3) is 0.538. The fourth-order valence-corrected chi connectivity index (χ4v) is 2.10. The van der Waals surface area contributed by atoms with Crippen LogP contribution in [-0.2, 0) is 11.2 Å². The van der Waals surface area contributed by atoms with Gasteiger partial charge in [-0.15, -0.1) is 0 Å². The van der Waals surface area contributed by atoms with Crippen LogP contribution in [0.5, 0.6) is 0 Å². The molecule has 1 aromatic carbocycles. The molecule has 1 rings (SSSR count).